The summed E-state index contributed by atoms with van der Waals surface area (Å²) in [6.07, 6.45) is 0. The molecule has 1 N–H and O–H groups in total. The third-order valence-electron chi connectivity index (χ3n) is 2.84. The fourth-order valence-electron chi connectivity index (χ4n) is 1.79. The van der Waals surface area contributed by atoms with Crippen molar-refractivity contribution in [2.24, 2.45) is 0 Å². The van der Waals surface area contributed by atoms with Crippen LogP contribution in [-0.4, -0.2) is 37.6 Å². The molecular formula is C13H12Cl4N2. The van der Waals surface area contributed by atoms with E-state index in [-0.39, 0.29) is 0 Å². The first-order chi connectivity index (χ1) is 9.09. The van der Waals surface area contributed by atoms with Gasteiger partial charge in [0, 0.05) is 26.2 Å². The van der Waals surface area contributed by atoms with E-state index in [0.29, 0.717) is 32.2 Å². The molecule has 6 heteroatoms. The second kappa shape index (κ2) is 7.04. The highest BCUT2D eigenvalue weighted by Crippen LogP contribution is 2.36. The normalized spacial score (nSPS) is 16.0. The van der Waals surface area contributed by atoms with E-state index >= 15 is 0 Å². The lowest BCUT2D eigenvalue weighted by atomic mass is 10.2. The summed E-state index contributed by atoms with van der Waals surface area (Å²) < 4.78 is 0. The number of nitrogens with one attached hydrogen (secondary N) is 1. The maximum absolute atomic E-state index is 6.09. The van der Waals surface area contributed by atoms with Gasteiger partial charge in [0.05, 0.1) is 32.2 Å². The summed E-state index contributed by atoms with van der Waals surface area (Å²) in [5.41, 5.74) is 0.496. The van der Waals surface area contributed by atoms with Crippen LogP contribution in [0.15, 0.2) is 6.07 Å². The summed E-state index contributed by atoms with van der Waals surface area (Å²) in [7, 11) is 0. The minimum absolute atomic E-state index is 0.351. The molecule has 19 heavy (non-hydrogen) atoms. The van der Waals surface area contributed by atoms with E-state index in [1.807, 2.05) is 0 Å². The van der Waals surface area contributed by atoms with Crippen molar-refractivity contribution >= 4 is 46.4 Å². The summed E-state index contributed by atoms with van der Waals surface area (Å²) >= 11 is 24.1. The Hall–Kier alpha value is -0.140. The fourth-order valence-corrected chi connectivity index (χ4v) is 2.70. The van der Waals surface area contributed by atoms with Crippen LogP contribution in [0.5, 0.6) is 0 Å². The van der Waals surface area contributed by atoms with E-state index in [2.05, 4.69) is 22.1 Å². The van der Waals surface area contributed by atoms with Crippen LogP contribution >= 0.6 is 46.4 Å². The first kappa shape index (κ1) is 15.3. The van der Waals surface area contributed by atoms with Gasteiger partial charge in [-0.25, -0.2) is 0 Å². The first-order valence-corrected chi connectivity index (χ1v) is 7.35. The monoisotopic (exact) mass is 336 g/mol. The standard InChI is InChI=1S/C13H12Cl4N2/c14-10-8-11(15)13(17)9(12(10)16)2-1-5-19-6-3-18-4-7-19/h8,18H,3-7H2. The van der Waals surface area contributed by atoms with Gasteiger partial charge in [0.15, 0.2) is 0 Å². The Morgan fingerprint density at radius 3 is 2.21 bits per heavy atom. The maximum atomic E-state index is 6.09. The Morgan fingerprint density at radius 2 is 1.63 bits per heavy atom. The summed E-state index contributed by atoms with van der Waals surface area (Å²) in [6.45, 7) is 4.65. The van der Waals surface area contributed by atoms with Crippen molar-refractivity contribution in [2.45, 2.75) is 0 Å². The molecule has 1 aliphatic heterocycles. The highest BCUT2D eigenvalue weighted by atomic mass is 35.5. The Balaban J connectivity index is 2.15. The SMILES string of the molecule is Clc1cc(Cl)c(Cl)c(C#CCN2CCNCC2)c1Cl. The molecule has 1 saturated heterocycles. The number of halogens is 4. The molecule has 1 aliphatic rings. The van der Waals surface area contributed by atoms with Crippen LogP contribution in [0.4, 0.5) is 0 Å². The largest absolute Gasteiger partial charge is 0.314 e. The zero-order chi connectivity index (χ0) is 13.8. The third-order valence-corrected chi connectivity index (χ3v) is 4.41. The van der Waals surface area contributed by atoms with Crippen LogP contribution in [0.2, 0.25) is 20.1 Å². The van der Waals surface area contributed by atoms with Gasteiger partial charge in [-0.15, -0.1) is 0 Å². The molecule has 0 bridgehead atoms. The number of piperazine rings is 1. The van der Waals surface area contributed by atoms with Crippen LogP contribution in [0, 0.1) is 11.8 Å². The first-order valence-electron chi connectivity index (χ1n) is 5.84. The second-order valence-corrected chi connectivity index (χ2v) is 5.74. The van der Waals surface area contributed by atoms with Gasteiger partial charge in [-0.1, -0.05) is 58.2 Å². The third kappa shape index (κ3) is 3.92. The molecule has 102 valence electrons. The number of rotatable bonds is 1. The van der Waals surface area contributed by atoms with Crippen molar-refractivity contribution < 1.29 is 0 Å². The van der Waals surface area contributed by atoms with Gasteiger partial charge in [-0.2, -0.15) is 0 Å². The van der Waals surface area contributed by atoms with Gasteiger partial charge in [0.25, 0.3) is 0 Å². The van der Waals surface area contributed by atoms with E-state index in [0.717, 1.165) is 26.2 Å². The van der Waals surface area contributed by atoms with Crippen LogP contribution in [0.25, 0.3) is 0 Å². The summed E-state index contributed by atoms with van der Waals surface area (Å²) in [5.74, 6) is 6.03. The molecule has 2 nitrogen and oxygen atoms in total. The molecule has 0 saturated carbocycles. The molecule has 1 aromatic carbocycles. The Labute approximate surface area is 133 Å². The summed E-state index contributed by atoms with van der Waals surface area (Å²) in [5, 5.41) is 4.72. The molecule has 0 atom stereocenters. The van der Waals surface area contributed by atoms with Gasteiger partial charge in [0.2, 0.25) is 0 Å². The van der Waals surface area contributed by atoms with Gasteiger partial charge in [-0.3, -0.25) is 4.90 Å². The lowest BCUT2D eigenvalue weighted by Gasteiger charge is -2.24. The molecule has 0 aliphatic carbocycles. The van der Waals surface area contributed by atoms with Gasteiger partial charge < -0.3 is 5.32 Å². The van der Waals surface area contributed by atoms with Gasteiger partial charge in [0.1, 0.15) is 0 Å². The van der Waals surface area contributed by atoms with Gasteiger partial charge in [-0.05, 0) is 6.07 Å². The van der Waals surface area contributed by atoms with Crippen molar-refractivity contribution in [1.29, 1.82) is 0 Å². The Bertz CT molecular complexity index is 501. The van der Waals surface area contributed by atoms with Crippen molar-refractivity contribution in [1.82, 2.24) is 10.2 Å². The molecule has 0 unspecified atom stereocenters. The number of nitrogens with zero attached hydrogens (tertiary/aromatic N) is 1. The lowest BCUT2D eigenvalue weighted by Crippen LogP contribution is -2.43. The van der Waals surface area contributed by atoms with Crippen LogP contribution in [0.3, 0.4) is 0 Å². The number of hydrogen-bond donors (Lipinski definition) is 1. The van der Waals surface area contributed by atoms with E-state index in [1.54, 1.807) is 0 Å². The van der Waals surface area contributed by atoms with E-state index in [9.17, 15) is 0 Å². The highest BCUT2D eigenvalue weighted by molar-refractivity contribution is 6.48. The molecule has 2 rings (SSSR count). The maximum Gasteiger partial charge on any atom is 0.0764 e. The second-order valence-electron chi connectivity index (χ2n) is 4.17. The molecule has 1 aromatic rings. The zero-order valence-corrected chi connectivity index (χ0v) is 13.1. The van der Waals surface area contributed by atoms with Crippen molar-refractivity contribution in [3.63, 3.8) is 0 Å². The van der Waals surface area contributed by atoms with Crippen LogP contribution in [0.1, 0.15) is 5.56 Å². The number of benzene rings is 1. The van der Waals surface area contributed by atoms with Crippen LogP contribution in [-0.2, 0) is 0 Å². The lowest BCUT2D eigenvalue weighted by molar-refractivity contribution is 0.268. The molecule has 0 amide bonds. The minimum atomic E-state index is 0.351. The molecular weight excluding hydrogens is 326 g/mol. The van der Waals surface area contributed by atoms with Crippen LogP contribution < -0.4 is 5.32 Å². The average molecular weight is 338 g/mol. The Kier molecular flexibility index (Phi) is 5.65. The molecule has 1 heterocycles. The topological polar surface area (TPSA) is 15.3 Å². The average Bonchev–Trinajstić information content (AvgIpc) is 2.42. The van der Waals surface area contributed by atoms with E-state index in [1.165, 1.54) is 6.07 Å². The molecule has 0 radical (unpaired) electrons. The fraction of sp³-hybridized carbons (Fsp3) is 0.385. The molecule has 1 fully saturated rings. The summed E-state index contributed by atoms with van der Waals surface area (Å²) in [4.78, 5) is 2.26. The summed E-state index contributed by atoms with van der Waals surface area (Å²) in [6, 6.07) is 1.52. The predicted molar refractivity (Wildman–Crippen MR) is 82.7 cm³/mol. The molecule has 0 aromatic heterocycles. The van der Waals surface area contributed by atoms with Crippen molar-refractivity contribution in [3.8, 4) is 11.8 Å². The highest BCUT2D eigenvalue weighted by Gasteiger charge is 2.12. The predicted octanol–water partition coefficient (Wildman–Crippen LogP) is 3.56. The van der Waals surface area contributed by atoms with Crippen molar-refractivity contribution in [2.75, 3.05) is 32.7 Å². The minimum Gasteiger partial charge on any atom is -0.314 e. The zero-order valence-electron chi connectivity index (χ0n) is 10.1. The Morgan fingerprint density at radius 1 is 1.05 bits per heavy atom. The van der Waals surface area contributed by atoms with E-state index in [4.69, 9.17) is 46.4 Å². The van der Waals surface area contributed by atoms with E-state index < -0.39 is 0 Å². The number of hydrogen-bond acceptors (Lipinski definition) is 2. The smallest absolute Gasteiger partial charge is 0.0764 e. The van der Waals surface area contributed by atoms with Crippen molar-refractivity contribution in [3.05, 3.63) is 31.7 Å². The molecule has 0 spiro atoms. The van der Waals surface area contributed by atoms with Gasteiger partial charge >= 0.3 is 0 Å². The quantitative estimate of drug-likeness (QED) is 0.622.